The molecule has 2 rings (SSSR count). The number of benzene rings is 2. The standard InChI is InChI=1S/C16H11F5N2O2/c17-12-6-5-11(7-13(12)18)23-14(24)8-22-15(25)9-1-3-10(4-2-9)16(19,20)21/h1-7H,8H2,(H,22,25)(H,23,24). The predicted octanol–water partition coefficient (Wildman–Crippen LogP) is 3.35. The van der Waals surface area contributed by atoms with E-state index in [1.165, 1.54) is 0 Å². The Morgan fingerprint density at radius 1 is 0.920 bits per heavy atom. The molecule has 25 heavy (non-hydrogen) atoms. The van der Waals surface area contributed by atoms with Crippen molar-refractivity contribution in [2.24, 2.45) is 0 Å². The van der Waals surface area contributed by atoms with Crippen LogP contribution in [0.3, 0.4) is 0 Å². The van der Waals surface area contributed by atoms with Crippen LogP contribution in [-0.4, -0.2) is 18.4 Å². The second-order valence-corrected chi connectivity index (χ2v) is 4.93. The topological polar surface area (TPSA) is 58.2 Å². The Balaban J connectivity index is 1.90. The lowest BCUT2D eigenvalue weighted by atomic mass is 10.1. The van der Waals surface area contributed by atoms with E-state index < -0.39 is 41.7 Å². The number of halogens is 5. The van der Waals surface area contributed by atoms with E-state index in [1.807, 2.05) is 0 Å². The summed E-state index contributed by atoms with van der Waals surface area (Å²) in [5.74, 6) is -3.69. The van der Waals surface area contributed by atoms with E-state index in [9.17, 15) is 31.5 Å². The molecule has 0 bridgehead atoms. The zero-order valence-electron chi connectivity index (χ0n) is 12.5. The van der Waals surface area contributed by atoms with E-state index in [4.69, 9.17) is 0 Å². The smallest absolute Gasteiger partial charge is 0.343 e. The van der Waals surface area contributed by atoms with Gasteiger partial charge >= 0.3 is 6.18 Å². The molecule has 132 valence electrons. The van der Waals surface area contributed by atoms with Crippen LogP contribution in [0.5, 0.6) is 0 Å². The highest BCUT2D eigenvalue weighted by Crippen LogP contribution is 2.29. The summed E-state index contributed by atoms with van der Waals surface area (Å²) < 4.78 is 63.1. The first-order chi connectivity index (χ1) is 11.7. The molecule has 2 amide bonds. The lowest BCUT2D eigenvalue weighted by molar-refractivity contribution is -0.137. The Morgan fingerprint density at radius 2 is 1.56 bits per heavy atom. The molecule has 0 saturated carbocycles. The highest BCUT2D eigenvalue weighted by molar-refractivity contribution is 5.99. The van der Waals surface area contributed by atoms with Crippen molar-refractivity contribution in [2.45, 2.75) is 6.18 Å². The summed E-state index contributed by atoms with van der Waals surface area (Å²) in [4.78, 5) is 23.4. The summed E-state index contributed by atoms with van der Waals surface area (Å²) in [5, 5.41) is 4.44. The first-order valence-corrected chi connectivity index (χ1v) is 6.87. The SMILES string of the molecule is O=C(CNC(=O)c1ccc(C(F)(F)F)cc1)Nc1ccc(F)c(F)c1. The number of carbonyl (C=O) groups excluding carboxylic acids is 2. The molecule has 0 fully saturated rings. The lowest BCUT2D eigenvalue weighted by Crippen LogP contribution is -2.32. The first-order valence-electron chi connectivity index (χ1n) is 6.87. The molecule has 0 heterocycles. The monoisotopic (exact) mass is 358 g/mol. The first kappa shape index (κ1) is 18.4. The molecule has 2 N–H and O–H groups in total. The molecule has 0 aliphatic rings. The highest BCUT2D eigenvalue weighted by atomic mass is 19.4. The fraction of sp³-hybridized carbons (Fsp3) is 0.125. The summed E-state index contributed by atoms with van der Waals surface area (Å²) in [5.41, 5.74) is -0.971. The van der Waals surface area contributed by atoms with E-state index >= 15 is 0 Å². The van der Waals surface area contributed by atoms with Gasteiger partial charge in [-0.25, -0.2) is 8.78 Å². The Hall–Kier alpha value is -2.97. The van der Waals surface area contributed by atoms with Crippen LogP contribution in [0.2, 0.25) is 0 Å². The Labute approximate surface area is 138 Å². The average Bonchev–Trinajstić information content (AvgIpc) is 2.55. The molecule has 0 saturated heterocycles. The van der Waals surface area contributed by atoms with E-state index in [2.05, 4.69) is 10.6 Å². The predicted molar refractivity (Wildman–Crippen MR) is 78.8 cm³/mol. The highest BCUT2D eigenvalue weighted by Gasteiger charge is 2.30. The summed E-state index contributed by atoms with van der Waals surface area (Å²) in [6.07, 6.45) is -4.51. The van der Waals surface area contributed by atoms with Crippen molar-refractivity contribution in [3.8, 4) is 0 Å². The van der Waals surface area contributed by atoms with Gasteiger partial charge in [0.05, 0.1) is 12.1 Å². The van der Waals surface area contributed by atoms with Crippen molar-refractivity contribution < 1.29 is 31.5 Å². The van der Waals surface area contributed by atoms with Crippen LogP contribution < -0.4 is 10.6 Å². The van der Waals surface area contributed by atoms with Crippen LogP contribution >= 0.6 is 0 Å². The minimum absolute atomic E-state index is 0.00678. The summed E-state index contributed by atoms with van der Waals surface area (Å²) >= 11 is 0. The molecule has 0 aliphatic carbocycles. The van der Waals surface area contributed by atoms with Crippen LogP contribution in [0.15, 0.2) is 42.5 Å². The minimum Gasteiger partial charge on any atom is -0.343 e. The normalized spacial score (nSPS) is 11.1. The summed E-state index contributed by atoms with van der Waals surface area (Å²) in [6.45, 7) is -0.501. The van der Waals surface area contributed by atoms with Crippen LogP contribution in [0.4, 0.5) is 27.6 Å². The molecule has 0 atom stereocenters. The van der Waals surface area contributed by atoms with Gasteiger partial charge in [0.2, 0.25) is 5.91 Å². The third-order valence-electron chi connectivity index (χ3n) is 3.09. The van der Waals surface area contributed by atoms with Crippen molar-refractivity contribution in [3.63, 3.8) is 0 Å². The largest absolute Gasteiger partial charge is 0.416 e. The number of amides is 2. The maximum Gasteiger partial charge on any atom is 0.416 e. The van der Waals surface area contributed by atoms with Crippen molar-refractivity contribution >= 4 is 17.5 Å². The summed E-state index contributed by atoms with van der Waals surface area (Å²) in [6, 6.07) is 6.17. The number of hydrogen-bond acceptors (Lipinski definition) is 2. The van der Waals surface area contributed by atoms with Gasteiger partial charge in [-0.1, -0.05) is 0 Å². The number of carbonyl (C=O) groups is 2. The van der Waals surface area contributed by atoms with Gasteiger partial charge in [0.1, 0.15) is 0 Å². The van der Waals surface area contributed by atoms with Crippen molar-refractivity contribution in [1.29, 1.82) is 0 Å². The number of hydrogen-bond donors (Lipinski definition) is 2. The average molecular weight is 358 g/mol. The van der Waals surface area contributed by atoms with Crippen LogP contribution in [-0.2, 0) is 11.0 Å². The Morgan fingerprint density at radius 3 is 2.12 bits per heavy atom. The second-order valence-electron chi connectivity index (χ2n) is 4.93. The fourth-order valence-corrected chi connectivity index (χ4v) is 1.85. The maximum absolute atomic E-state index is 13.0. The minimum atomic E-state index is -4.51. The van der Waals surface area contributed by atoms with Gasteiger partial charge in [-0.15, -0.1) is 0 Å². The molecule has 2 aromatic rings. The Bertz CT molecular complexity index is 788. The van der Waals surface area contributed by atoms with Crippen molar-refractivity contribution in [3.05, 3.63) is 65.2 Å². The van der Waals surface area contributed by atoms with E-state index in [0.717, 1.165) is 42.5 Å². The Kier molecular flexibility index (Phi) is 5.35. The van der Waals surface area contributed by atoms with Gasteiger partial charge in [0, 0.05) is 17.3 Å². The molecule has 0 spiro atoms. The van der Waals surface area contributed by atoms with Gasteiger partial charge < -0.3 is 10.6 Å². The van der Waals surface area contributed by atoms with Gasteiger partial charge in [0.25, 0.3) is 5.91 Å². The maximum atomic E-state index is 13.0. The summed E-state index contributed by atoms with van der Waals surface area (Å²) in [7, 11) is 0. The number of anilines is 1. The van der Waals surface area contributed by atoms with Crippen molar-refractivity contribution in [2.75, 3.05) is 11.9 Å². The second kappa shape index (κ2) is 7.29. The molecule has 0 radical (unpaired) electrons. The number of rotatable bonds is 4. The number of alkyl halides is 3. The van der Waals surface area contributed by atoms with Gasteiger partial charge in [-0.05, 0) is 36.4 Å². The van der Waals surface area contributed by atoms with E-state index in [-0.39, 0.29) is 11.3 Å². The molecular formula is C16H11F5N2O2. The van der Waals surface area contributed by atoms with Crippen molar-refractivity contribution in [1.82, 2.24) is 5.32 Å². The fourth-order valence-electron chi connectivity index (χ4n) is 1.85. The van der Waals surface area contributed by atoms with Gasteiger partial charge in [0.15, 0.2) is 11.6 Å². The van der Waals surface area contributed by atoms with E-state index in [0.29, 0.717) is 0 Å². The molecule has 0 aromatic heterocycles. The van der Waals surface area contributed by atoms with Crippen LogP contribution in [0.1, 0.15) is 15.9 Å². The molecule has 0 unspecified atom stereocenters. The molecule has 0 aliphatic heterocycles. The quantitative estimate of drug-likeness (QED) is 0.824. The molecule has 4 nitrogen and oxygen atoms in total. The zero-order chi connectivity index (χ0) is 18.6. The third-order valence-corrected chi connectivity index (χ3v) is 3.09. The zero-order valence-corrected chi connectivity index (χ0v) is 12.5. The van der Waals surface area contributed by atoms with E-state index in [1.54, 1.807) is 0 Å². The third kappa shape index (κ3) is 5.00. The van der Waals surface area contributed by atoms with Crippen LogP contribution in [0, 0.1) is 11.6 Å². The van der Waals surface area contributed by atoms with Crippen LogP contribution in [0.25, 0.3) is 0 Å². The van der Waals surface area contributed by atoms with Gasteiger partial charge in [-0.3, -0.25) is 9.59 Å². The molecule has 2 aromatic carbocycles. The lowest BCUT2D eigenvalue weighted by Gasteiger charge is -2.09. The molecule has 9 heteroatoms. The van der Waals surface area contributed by atoms with Gasteiger partial charge in [-0.2, -0.15) is 13.2 Å². The molecular weight excluding hydrogens is 347 g/mol. The number of nitrogens with one attached hydrogen (secondary N) is 2.